The Kier molecular flexibility index (Phi) is 6.30. The van der Waals surface area contributed by atoms with Crippen LogP contribution in [0.5, 0.6) is 0 Å². The van der Waals surface area contributed by atoms with Crippen LogP contribution >= 0.6 is 11.6 Å². The van der Waals surface area contributed by atoms with Crippen LogP contribution in [0.1, 0.15) is 20.8 Å². The van der Waals surface area contributed by atoms with E-state index in [2.05, 4.69) is 20.5 Å². The quantitative estimate of drug-likeness (QED) is 0.531. The summed E-state index contributed by atoms with van der Waals surface area (Å²) in [6.07, 6.45) is 0.941. The van der Waals surface area contributed by atoms with E-state index in [1.165, 1.54) is 17.2 Å². The lowest BCUT2D eigenvalue weighted by Gasteiger charge is -2.36. The second-order valence-electron chi connectivity index (χ2n) is 8.82. The second kappa shape index (κ2) is 9.05. The van der Waals surface area contributed by atoms with E-state index in [1.54, 1.807) is 25.7 Å². The number of ether oxygens (including phenoxy) is 1. The number of aromatic amines is 1. The van der Waals surface area contributed by atoms with Gasteiger partial charge in [0.1, 0.15) is 28.2 Å². The first-order valence-electron chi connectivity index (χ1n) is 10.5. The van der Waals surface area contributed by atoms with Gasteiger partial charge in [0.05, 0.1) is 23.0 Å². The van der Waals surface area contributed by atoms with Crippen molar-refractivity contribution in [3.05, 3.63) is 51.5 Å². The molecule has 2 aromatic heterocycles. The van der Waals surface area contributed by atoms with Gasteiger partial charge in [0.15, 0.2) is 0 Å². The van der Waals surface area contributed by atoms with Crippen LogP contribution in [0.3, 0.4) is 0 Å². The molecule has 12 heteroatoms. The van der Waals surface area contributed by atoms with Crippen molar-refractivity contribution >= 4 is 45.7 Å². The third kappa shape index (κ3) is 5.04. The number of pyridine rings is 1. The molecule has 0 spiro atoms. The van der Waals surface area contributed by atoms with Crippen molar-refractivity contribution in [3.8, 4) is 0 Å². The minimum absolute atomic E-state index is 0.0248. The number of amides is 1. The van der Waals surface area contributed by atoms with Crippen LogP contribution in [0.2, 0.25) is 5.15 Å². The third-order valence-electron chi connectivity index (χ3n) is 5.18. The van der Waals surface area contributed by atoms with Gasteiger partial charge in [-0.05, 0) is 26.8 Å². The van der Waals surface area contributed by atoms with E-state index < -0.39 is 28.9 Å². The first-order chi connectivity index (χ1) is 16.0. The standard InChI is InChI=1S/C22H23ClF2N6O3/c1-22(2,3)34-21(33)31-6-4-30(5-7-31)16-10-13(24)15(9-14(16)25)27-19-18-12(8-17(23)28-19)11-26-29-20(18)32/h8-11H,4-7H2,1-3H3,(H,27,28)(H,29,32). The number of carbonyl (C=O) groups is 1. The Morgan fingerprint density at radius 1 is 1.15 bits per heavy atom. The highest BCUT2D eigenvalue weighted by Gasteiger charge is 2.27. The van der Waals surface area contributed by atoms with Crippen molar-refractivity contribution in [1.29, 1.82) is 0 Å². The fourth-order valence-corrected chi connectivity index (χ4v) is 3.84. The summed E-state index contributed by atoms with van der Waals surface area (Å²) in [5.74, 6) is -1.44. The number of H-pyrrole nitrogens is 1. The van der Waals surface area contributed by atoms with E-state index in [1.807, 2.05) is 0 Å². The minimum atomic E-state index is -0.744. The lowest BCUT2D eigenvalue weighted by Crippen LogP contribution is -2.50. The number of rotatable bonds is 3. The van der Waals surface area contributed by atoms with Crippen LogP contribution in [-0.2, 0) is 4.74 Å². The van der Waals surface area contributed by atoms with Gasteiger partial charge in [-0.25, -0.2) is 23.7 Å². The molecule has 0 aliphatic carbocycles. The number of hydrogen-bond acceptors (Lipinski definition) is 7. The van der Waals surface area contributed by atoms with E-state index in [0.29, 0.717) is 31.6 Å². The molecule has 1 aliphatic rings. The number of hydrogen-bond donors (Lipinski definition) is 2. The second-order valence-corrected chi connectivity index (χ2v) is 9.21. The lowest BCUT2D eigenvalue weighted by molar-refractivity contribution is 0.0240. The van der Waals surface area contributed by atoms with Crippen molar-refractivity contribution in [1.82, 2.24) is 20.1 Å². The maximum absolute atomic E-state index is 15.0. The summed E-state index contributed by atoms with van der Waals surface area (Å²) in [5.41, 5.74) is -1.31. The molecular weight excluding hydrogens is 470 g/mol. The Hall–Kier alpha value is -3.47. The molecule has 0 atom stereocenters. The summed E-state index contributed by atoms with van der Waals surface area (Å²) in [6, 6.07) is 3.51. The van der Waals surface area contributed by atoms with Gasteiger partial charge in [-0.1, -0.05) is 11.6 Å². The molecular formula is C22H23ClF2N6O3. The van der Waals surface area contributed by atoms with E-state index in [0.717, 1.165) is 12.1 Å². The van der Waals surface area contributed by atoms with Crippen LogP contribution < -0.4 is 15.8 Å². The van der Waals surface area contributed by atoms with Crippen LogP contribution in [0.4, 0.5) is 30.8 Å². The summed E-state index contributed by atoms with van der Waals surface area (Å²) < 4.78 is 35.3. The highest BCUT2D eigenvalue weighted by Crippen LogP contribution is 2.31. The molecule has 180 valence electrons. The Labute approximate surface area is 198 Å². The molecule has 0 unspecified atom stereocenters. The predicted octanol–water partition coefficient (Wildman–Crippen LogP) is 4.05. The fourth-order valence-electron chi connectivity index (χ4n) is 3.64. The van der Waals surface area contributed by atoms with Gasteiger partial charge in [0, 0.05) is 43.7 Å². The molecule has 0 bridgehead atoms. The van der Waals surface area contributed by atoms with Gasteiger partial charge in [-0.2, -0.15) is 5.10 Å². The number of carbonyl (C=O) groups excluding carboxylic acids is 1. The molecule has 9 nitrogen and oxygen atoms in total. The topological polar surface area (TPSA) is 103 Å². The highest BCUT2D eigenvalue weighted by molar-refractivity contribution is 6.30. The maximum Gasteiger partial charge on any atom is 0.410 e. The molecule has 2 N–H and O–H groups in total. The largest absolute Gasteiger partial charge is 0.444 e. The molecule has 0 radical (unpaired) electrons. The molecule has 3 aromatic rings. The van der Waals surface area contributed by atoms with Gasteiger partial charge in [0.25, 0.3) is 5.56 Å². The first-order valence-corrected chi connectivity index (χ1v) is 10.9. The Balaban J connectivity index is 1.54. The minimum Gasteiger partial charge on any atom is -0.444 e. The number of fused-ring (bicyclic) bond motifs is 1. The van der Waals surface area contributed by atoms with E-state index in [-0.39, 0.29) is 27.7 Å². The van der Waals surface area contributed by atoms with Crippen LogP contribution in [0, 0.1) is 11.6 Å². The molecule has 1 amide bonds. The average Bonchev–Trinajstić information content (AvgIpc) is 2.74. The van der Waals surface area contributed by atoms with E-state index in [4.69, 9.17) is 16.3 Å². The fraction of sp³-hybridized carbons (Fsp3) is 0.364. The van der Waals surface area contributed by atoms with Crippen molar-refractivity contribution in [3.63, 3.8) is 0 Å². The summed E-state index contributed by atoms with van der Waals surface area (Å²) in [5, 5.41) is 9.22. The molecule has 3 heterocycles. The van der Waals surface area contributed by atoms with Crippen molar-refractivity contribution in [2.45, 2.75) is 26.4 Å². The number of aromatic nitrogens is 3. The van der Waals surface area contributed by atoms with Gasteiger partial charge in [-0.15, -0.1) is 0 Å². The zero-order valence-electron chi connectivity index (χ0n) is 18.8. The molecule has 34 heavy (non-hydrogen) atoms. The predicted molar refractivity (Wildman–Crippen MR) is 125 cm³/mol. The van der Waals surface area contributed by atoms with E-state index >= 15 is 0 Å². The molecule has 1 aromatic carbocycles. The van der Waals surface area contributed by atoms with Crippen LogP contribution in [0.15, 0.2) is 29.2 Å². The van der Waals surface area contributed by atoms with Gasteiger partial charge in [0.2, 0.25) is 0 Å². The number of halogens is 3. The summed E-state index contributed by atoms with van der Waals surface area (Å²) in [6.45, 7) is 6.59. The summed E-state index contributed by atoms with van der Waals surface area (Å²) in [4.78, 5) is 31.7. The number of nitrogens with zero attached hydrogens (tertiary/aromatic N) is 4. The first kappa shape index (κ1) is 23.7. The normalized spacial score (nSPS) is 14.4. The van der Waals surface area contributed by atoms with Crippen molar-refractivity contribution < 1.29 is 18.3 Å². The average molecular weight is 493 g/mol. The van der Waals surface area contributed by atoms with Crippen molar-refractivity contribution in [2.75, 3.05) is 36.4 Å². The van der Waals surface area contributed by atoms with E-state index in [9.17, 15) is 18.4 Å². The zero-order valence-corrected chi connectivity index (χ0v) is 19.5. The SMILES string of the molecule is CC(C)(C)OC(=O)N1CCN(c2cc(F)c(Nc3nc(Cl)cc4cn[nH]c(=O)c34)cc2F)CC1. The van der Waals surface area contributed by atoms with Gasteiger partial charge < -0.3 is 19.9 Å². The smallest absolute Gasteiger partial charge is 0.410 e. The van der Waals surface area contributed by atoms with Gasteiger partial charge >= 0.3 is 6.09 Å². The zero-order chi connectivity index (χ0) is 24.6. The number of nitrogens with one attached hydrogen (secondary N) is 2. The molecule has 1 fully saturated rings. The monoisotopic (exact) mass is 492 g/mol. The number of piperazine rings is 1. The Morgan fingerprint density at radius 3 is 2.53 bits per heavy atom. The third-order valence-corrected chi connectivity index (χ3v) is 5.37. The molecule has 4 rings (SSSR count). The number of anilines is 3. The summed E-state index contributed by atoms with van der Waals surface area (Å²) in [7, 11) is 0. The maximum atomic E-state index is 15.0. The van der Waals surface area contributed by atoms with Gasteiger partial charge in [-0.3, -0.25) is 4.79 Å². The molecule has 1 aliphatic heterocycles. The highest BCUT2D eigenvalue weighted by atomic mass is 35.5. The molecule has 1 saturated heterocycles. The van der Waals surface area contributed by atoms with Crippen LogP contribution in [0.25, 0.3) is 10.8 Å². The Morgan fingerprint density at radius 2 is 1.85 bits per heavy atom. The molecule has 0 saturated carbocycles. The summed E-state index contributed by atoms with van der Waals surface area (Å²) >= 11 is 6.01. The Bertz CT molecular complexity index is 1300. The lowest BCUT2D eigenvalue weighted by atomic mass is 10.2. The number of benzene rings is 1. The van der Waals surface area contributed by atoms with Crippen molar-refractivity contribution in [2.24, 2.45) is 0 Å². The van der Waals surface area contributed by atoms with Crippen LogP contribution in [-0.4, -0.2) is 58.0 Å².